The molecular weight excluding hydrogens is 338 g/mol. The number of fused-ring (bicyclic) bond motifs is 1. The lowest BCUT2D eigenvalue weighted by molar-refractivity contribution is 0.0705. The van der Waals surface area contributed by atoms with Crippen molar-refractivity contribution in [1.29, 1.82) is 0 Å². The van der Waals surface area contributed by atoms with Crippen LogP contribution in [0.3, 0.4) is 0 Å². The van der Waals surface area contributed by atoms with Crippen molar-refractivity contribution in [1.82, 2.24) is 13.6 Å². The van der Waals surface area contributed by atoms with Gasteiger partial charge in [-0.2, -0.15) is 17.0 Å². The van der Waals surface area contributed by atoms with E-state index < -0.39 is 10.2 Å². The molecule has 2 aliphatic rings. The first-order valence-corrected chi connectivity index (χ1v) is 10.2. The number of pyridine rings is 1. The summed E-state index contributed by atoms with van der Waals surface area (Å²) in [6.45, 7) is 3.06. The van der Waals surface area contributed by atoms with Crippen molar-refractivity contribution in [3.05, 3.63) is 42.1 Å². The summed E-state index contributed by atoms with van der Waals surface area (Å²) in [6.07, 6.45) is 3.58. The molecule has 1 aromatic carbocycles. The van der Waals surface area contributed by atoms with Gasteiger partial charge >= 0.3 is 0 Å². The van der Waals surface area contributed by atoms with Gasteiger partial charge in [-0.1, -0.05) is 24.3 Å². The highest BCUT2D eigenvalue weighted by atomic mass is 32.2. The maximum absolute atomic E-state index is 12.8. The minimum Gasteiger partial charge on any atom is -0.379 e. The van der Waals surface area contributed by atoms with E-state index >= 15 is 0 Å². The smallest absolute Gasteiger partial charge is 0.282 e. The van der Waals surface area contributed by atoms with E-state index in [0.717, 1.165) is 23.7 Å². The molecule has 1 atom stereocenters. The van der Waals surface area contributed by atoms with E-state index in [1.165, 1.54) is 5.56 Å². The highest BCUT2D eigenvalue weighted by Gasteiger charge is 2.36. The topological polar surface area (TPSA) is 62.7 Å². The van der Waals surface area contributed by atoms with Crippen LogP contribution in [0, 0.1) is 5.92 Å². The molecule has 0 radical (unpaired) electrons. The van der Waals surface area contributed by atoms with E-state index in [2.05, 4.69) is 29.2 Å². The molecule has 0 saturated carbocycles. The third-order valence-corrected chi connectivity index (χ3v) is 7.10. The molecule has 25 heavy (non-hydrogen) atoms. The molecule has 3 heterocycles. The van der Waals surface area contributed by atoms with Crippen LogP contribution in [0.5, 0.6) is 0 Å². The largest absolute Gasteiger partial charge is 0.379 e. The van der Waals surface area contributed by atoms with E-state index in [0.29, 0.717) is 45.3 Å². The summed E-state index contributed by atoms with van der Waals surface area (Å²) < 4.78 is 34.0. The molecule has 2 fully saturated rings. The van der Waals surface area contributed by atoms with Crippen molar-refractivity contribution < 1.29 is 13.2 Å². The van der Waals surface area contributed by atoms with Gasteiger partial charge in [-0.25, -0.2) is 0 Å². The molecule has 134 valence electrons. The second-order valence-electron chi connectivity index (χ2n) is 6.73. The molecule has 6 nitrogen and oxygen atoms in total. The maximum atomic E-state index is 12.8. The van der Waals surface area contributed by atoms with Gasteiger partial charge in [-0.15, -0.1) is 0 Å². The summed E-state index contributed by atoms with van der Waals surface area (Å²) in [5, 5.41) is 1.13. The Kier molecular flexibility index (Phi) is 4.73. The fourth-order valence-electron chi connectivity index (χ4n) is 3.76. The van der Waals surface area contributed by atoms with Crippen molar-refractivity contribution in [2.24, 2.45) is 5.92 Å². The van der Waals surface area contributed by atoms with Crippen LogP contribution in [0.4, 0.5) is 0 Å². The van der Waals surface area contributed by atoms with E-state index in [1.54, 1.807) is 8.61 Å². The summed E-state index contributed by atoms with van der Waals surface area (Å²) >= 11 is 0. The average molecular weight is 361 g/mol. The minimum atomic E-state index is -3.36. The number of ether oxygens (including phenoxy) is 1. The summed E-state index contributed by atoms with van der Waals surface area (Å²) in [5.74, 6) is 0.337. The van der Waals surface area contributed by atoms with Gasteiger partial charge in [0.25, 0.3) is 10.2 Å². The van der Waals surface area contributed by atoms with Gasteiger partial charge in [0.05, 0.1) is 18.7 Å². The third kappa shape index (κ3) is 3.42. The molecule has 0 N–H and O–H groups in total. The Morgan fingerprint density at radius 3 is 2.72 bits per heavy atom. The molecule has 0 spiro atoms. The summed E-state index contributed by atoms with van der Waals surface area (Å²) in [4.78, 5) is 4.51. The van der Waals surface area contributed by atoms with E-state index in [9.17, 15) is 8.42 Å². The molecule has 2 saturated heterocycles. The van der Waals surface area contributed by atoms with E-state index in [-0.39, 0.29) is 0 Å². The fourth-order valence-corrected chi connectivity index (χ4v) is 5.43. The summed E-state index contributed by atoms with van der Waals surface area (Å²) in [7, 11) is -3.36. The first kappa shape index (κ1) is 16.9. The molecule has 2 aliphatic heterocycles. The van der Waals surface area contributed by atoms with Crippen LogP contribution in [0.1, 0.15) is 12.0 Å². The van der Waals surface area contributed by atoms with Gasteiger partial charge in [0.1, 0.15) is 0 Å². The standard InChI is InChI=1S/C18H23N3O3S/c22-25(23,20-9-11-24-12-10-20)21-8-6-15(14-21)13-17-4-1-3-16-5-2-7-19-18(16)17/h1-5,7,15H,6,8-14H2. The predicted molar refractivity (Wildman–Crippen MR) is 96.4 cm³/mol. The molecule has 4 rings (SSSR count). The normalized spacial score (nSPS) is 23.3. The van der Waals surface area contributed by atoms with Crippen LogP contribution >= 0.6 is 0 Å². The van der Waals surface area contributed by atoms with Crippen LogP contribution in [-0.2, 0) is 21.4 Å². The minimum absolute atomic E-state index is 0.337. The number of benzene rings is 1. The number of morpholine rings is 1. The molecule has 0 bridgehead atoms. The fraction of sp³-hybridized carbons (Fsp3) is 0.500. The number of aromatic nitrogens is 1. The predicted octanol–water partition coefficient (Wildman–Crippen LogP) is 1.68. The van der Waals surface area contributed by atoms with Gasteiger partial charge in [0.15, 0.2) is 0 Å². The lowest BCUT2D eigenvalue weighted by atomic mass is 9.97. The van der Waals surface area contributed by atoms with Crippen LogP contribution in [0.15, 0.2) is 36.5 Å². The van der Waals surface area contributed by atoms with Crippen molar-refractivity contribution in [2.45, 2.75) is 12.8 Å². The van der Waals surface area contributed by atoms with Crippen LogP contribution in [0.25, 0.3) is 10.9 Å². The second kappa shape index (κ2) is 6.99. The van der Waals surface area contributed by atoms with E-state index in [1.807, 2.05) is 12.3 Å². The summed E-state index contributed by atoms with van der Waals surface area (Å²) in [6, 6.07) is 10.2. The molecular formula is C18H23N3O3S. The molecule has 0 amide bonds. The van der Waals surface area contributed by atoms with Gasteiger partial charge in [0.2, 0.25) is 0 Å². The van der Waals surface area contributed by atoms with Crippen LogP contribution < -0.4 is 0 Å². The Morgan fingerprint density at radius 1 is 1.08 bits per heavy atom. The zero-order valence-electron chi connectivity index (χ0n) is 14.2. The second-order valence-corrected chi connectivity index (χ2v) is 8.66. The van der Waals surface area contributed by atoms with Gasteiger partial charge in [-0.05, 0) is 30.4 Å². The van der Waals surface area contributed by atoms with Crippen molar-refractivity contribution >= 4 is 21.1 Å². The molecule has 1 unspecified atom stereocenters. The zero-order valence-corrected chi connectivity index (χ0v) is 15.0. The highest BCUT2D eigenvalue weighted by Crippen LogP contribution is 2.27. The number of hydrogen-bond acceptors (Lipinski definition) is 4. The van der Waals surface area contributed by atoms with Crippen LogP contribution in [-0.4, -0.2) is 61.4 Å². The molecule has 1 aromatic heterocycles. The van der Waals surface area contributed by atoms with Crippen molar-refractivity contribution in [2.75, 3.05) is 39.4 Å². The number of para-hydroxylation sites is 1. The SMILES string of the molecule is O=S(=O)(N1CCOCC1)N1CCC(Cc2cccc3cccnc23)C1. The lowest BCUT2D eigenvalue weighted by Gasteiger charge is -2.30. The van der Waals surface area contributed by atoms with Gasteiger partial charge in [0, 0.05) is 37.8 Å². The Labute approximate surface area is 148 Å². The monoisotopic (exact) mass is 361 g/mol. The lowest BCUT2D eigenvalue weighted by Crippen LogP contribution is -2.47. The number of hydrogen-bond donors (Lipinski definition) is 0. The van der Waals surface area contributed by atoms with Crippen molar-refractivity contribution in [3.63, 3.8) is 0 Å². The Morgan fingerprint density at radius 2 is 1.88 bits per heavy atom. The Balaban J connectivity index is 1.47. The van der Waals surface area contributed by atoms with Crippen LogP contribution in [0.2, 0.25) is 0 Å². The number of rotatable bonds is 4. The summed E-state index contributed by atoms with van der Waals surface area (Å²) in [5.41, 5.74) is 2.23. The Hall–Kier alpha value is -1.54. The third-order valence-electron chi connectivity index (χ3n) is 5.10. The average Bonchev–Trinajstić information content (AvgIpc) is 3.12. The first-order valence-electron chi connectivity index (χ1n) is 8.80. The quantitative estimate of drug-likeness (QED) is 0.831. The molecule has 0 aliphatic carbocycles. The highest BCUT2D eigenvalue weighted by molar-refractivity contribution is 7.86. The first-order chi connectivity index (χ1) is 12.1. The molecule has 2 aromatic rings. The molecule has 7 heteroatoms. The Bertz CT molecular complexity index is 844. The number of nitrogens with zero attached hydrogens (tertiary/aromatic N) is 3. The van der Waals surface area contributed by atoms with E-state index in [4.69, 9.17) is 4.74 Å². The zero-order chi connectivity index (χ0) is 17.3. The van der Waals surface area contributed by atoms with Gasteiger partial charge < -0.3 is 4.74 Å². The van der Waals surface area contributed by atoms with Gasteiger partial charge in [-0.3, -0.25) is 4.98 Å². The maximum Gasteiger partial charge on any atom is 0.282 e. The van der Waals surface area contributed by atoms with Crippen molar-refractivity contribution in [3.8, 4) is 0 Å².